The zero-order valence-corrected chi connectivity index (χ0v) is 15.1. The Kier molecular flexibility index (Phi) is 5.53. The Morgan fingerprint density at radius 3 is 2.52 bits per heavy atom. The lowest BCUT2D eigenvalue weighted by atomic mass is 10.1. The molecule has 2 aromatic rings. The number of likely N-dealkylation sites (tertiary alicyclic amines) is 1. The van der Waals surface area contributed by atoms with Crippen LogP contribution in [-0.2, 0) is 11.0 Å². The second kappa shape index (κ2) is 7.90. The molecule has 2 amide bonds. The van der Waals surface area contributed by atoms with Gasteiger partial charge in [-0.1, -0.05) is 12.1 Å². The molecule has 1 aliphatic heterocycles. The summed E-state index contributed by atoms with van der Waals surface area (Å²) >= 11 is 0. The molecule has 1 heterocycles. The van der Waals surface area contributed by atoms with Crippen molar-refractivity contribution in [3.63, 3.8) is 0 Å². The van der Waals surface area contributed by atoms with E-state index in [1.54, 1.807) is 0 Å². The van der Waals surface area contributed by atoms with Gasteiger partial charge in [0.2, 0.25) is 5.91 Å². The first kappa shape index (κ1) is 20.3. The van der Waals surface area contributed by atoms with Crippen molar-refractivity contribution in [2.75, 3.05) is 18.1 Å². The summed E-state index contributed by atoms with van der Waals surface area (Å²) in [5, 5.41) is 11.0. The minimum Gasteiger partial charge on any atom is -0.324 e. The van der Waals surface area contributed by atoms with E-state index in [9.17, 15) is 32.9 Å². The van der Waals surface area contributed by atoms with Crippen molar-refractivity contribution < 1.29 is 27.7 Å². The molecule has 29 heavy (non-hydrogen) atoms. The average Bonchev–Trinajstić information content (AvgIpc) is 3.09. The number of alkyl halides is 3. The minimum atomic E-state index is -4.61. The molecule has 2 aromatic carbocycles. The number of anilines is 1. The monoisotopic (exact) mass is 407 g/mol. The number of benzene rings is 2. The number of nitro groups is 1. The van der Waals surface area contributed by atoms with E-state index < -0.39 is 22.6 Å². The zero-order chi connectivity index (χ0) is 21.2. The Balaban J connectivity index is 2.01. The highest BCUT2D eigenvalue weighted by atomic mass is 19.4. The highest BCUT2D eigenvalue weighted by Gasteiger charge is 2.32. The van der Waals surface area contributed by atoms with Gasteiger partial charge < -0.3 is 4.90 Å². The van der Waals surface area contributed by atoms with Gasteiger partial charge in [-0.25, -0.2) is 0 Å². The standard InChI is InChI=1S/C19H16F3N3O4/c20-19(21,22)14-5-2-6-15(11-14)24(12-23-9-3-8-17(23)26)18(27)13-4-1-7-16(10-13)25(28)29/h1-2,4-7,10-11H,3,8-9,12H2. The third kappa shape index (κ3) is 4.53. The maximum absolute atomic E-state index is 13.1. The quantitative estimate of drug-likeness (QED) is 0.557. The normalized spacial score (nSPS) is 14.2. The number of non-ortho nitro benzene ring substituents is 1. The zero-order valence-electron chi connectivity index (χ0n) is 15.1. The van der Waals surface area contributed by atoms with Gasteiger partial charge in [-0.15, -0.1) is 0 Å². The van der Waals surface area contributed by atoms with Crippen LogP contribution in [0.25, 0.3) is 0 Å². The van der Waals surface area contributed by atoms with Gasteiger partial charge in [0, 0.05) is 36.3 Å². The number of nitrogens with zero attached hydrogens (tertiary/aromatic N) is 3. The Bertz CT molecular complexity index is 962. The molecule has 0 aliphatic carbocycles. The molecule has 0 atom stereocenters. The predicted molar refractivity (Wildman–Crippen MR) is 97.2 cm³/mol. The van der Waals surface area contributed by atoms with E-state index in [0.29, 0.717) is 19.4 Å². The molecule has 0 saturated carbocycles. The molecular weight excluding hydrogens is 391 g/mol. The van der Waals surface area contributed by atoms with Crippen molar-refractivity contribution in [1.82, 2.24) is 4.90 Å². The van der Waals surface area contributed by atoms with E-state index in [1.807, 2.05) is 0 Å². The SMILES string of the molecule is O=C1CCCN1CN(C(=O)c1cccc([N+](=O)[O-])c1)c1cccc(C(F)(F)F)c1. The van der Waals surface area contributed by atoms with Crippen LogP contribution >= 0.6 is 0 Å². The molecule has 3 rings (SSSR count). The fraction of sp³-hybridized carbons (Fsp3) is 0.263. The van der Waals surface area contributed by atoms with Crippen LogP contribution in [0.4, 0.5) is 24.5 Å². The van der Waals surface area contributed by atoms with Gasteiger partial charge in [-0.05, 0) is 30.7 Å². The lowest BCUT2D eigenvalue weighted by molar-refractivity contribution is -0.384. The molecule has 152 valence electrons. The van der Waals surface area contributed by atoms with Crippen molar-refractivity contribution in [2.24, 2.45) is 0 Å². The fourth-order valence-electron chi connectivity index (χ4n) is 3.05. The van der Waals surface area contributed by atoms with Gasteiger partial charge in [0.15, 0.2) is 0 Å². The van der Waals surface area contributed by atoms with Gasteiger partial charge in [0.05, 0.1) is 10.5 Å². The maximum Gasteiger partial charge on any atom is 0.416 e. The fourth-order valence-corrected chi connectivity index (χ4v) is 3.05. The molecule has 1 saturated heterocycles. The number of carbonyl (C=O) groups is 2. The molecule has 0 radical (unpaired) electrons. The minimum absolute atomic E-state index is 0.0592. The number of rotatable bonds is 5. The smallest absolute Gasteiger partial charge is 0.324 e. The van der Waals surface area contributed by atoms with E-state index >= 15 is 0 Å². The highest BCUT2D eigenvalue weighted by Crippen LogP contribution is 2.32. The van der Waals surface area contributed by atoms with Crippen molar-refractivity contribution >= 4 is 23.2 Å². The molecule has 0 unspecified atom stereocenters. The van der Waals surface area contributed by atoms with Gasteiger partial charge in [-0.2, -0.15) is 13.2 Å². The molecule has 10 heteroatoms. The molecule has 0 spiro atoms. The lowest BCUT2D eigenvalue weighted by Crippen LogP contribution is -2.42. The van der Waals surface area contributed by atoms with Crippen molar-refractivity contribution in [3.05, 3.63) is 69.8 Å². The van der Waals surface area contributed by atoms with Crippen LogP contribution in [0, 0.1) is 10.1 Å². The first-order valence-electron chi connectivity index (χ1n) is 8.68. The van der Waals surface area contributed by atoms with E-state index in [1.165, 1.54) is 29.2 Å². The topological polar surface area (TPSA) is 83.8 Å². The maximum atomic E-state index is 13.1. The molecule has 0 aromatic heterocycles. The summed E-state index contributed by atoms with van der Waals surface area (Å²) in [6.07, 6.45) is -3.73. The summed E-state index contributed by atoms with van der Waals surface area (Å²) in [6, 6.07) is 9.08. The van der Waals surface area contributed by atoms with Crippen LogP contribution in [0.5, 0.6) is 0 Å². The molecule has 7 nitrogen and oxygen atoms in total. The van der Waals surface area contributed by atoms with Gasteiger partial charge in [0.25, 0.3) is 11.6 Å². The Labute approximate surface area is 163 Å². The highest BCUT2D eigenvalue weighted by molar-refractivity contribution is 6.06. The summed E-state index contributed by atoms with van der Waals surface area (Å²) in [7, 11) is 0. The van der Waals surface area contributed by atoms with Crippen LogP contribution < -0.4 is 4.90 Å². The van der Waals surface area contributed by atoms with Crippen LogP contribution in [-0.4, -0.2) is 34.9 Å². The van der Waals surface area contributed by atoms with Crippen LogP contribution in [0.3, 0.4) is 0 Å². The van der Waals surface area contributed by atoms with Crippen molar-refractivity contribution in [3.8, 4) is 0 Å². The second-order valence-electron chi connectivity index (χ2n) is 6.49. The van der Waals surface area contributed by atoms with Gasteiger partial charge in [0.1, 0.15) is 6.67 Å². The average molecular weight is 407 g/mol. The Hall–Kier alpha value is -3.43. The number of hydrogen-bond donors (Lipinski definition) is 0. The van der Waals surface area contributed by atoms with Gasteiger partial charge in [-0.3, -0.25) is 24.6 Å². The molecule has 0 bridgehead atoms. The summed E-state index contributed by atoms with van der Waals surface area (Å²) in [6.45, 7) is 0.123. The van der Waals surface area contributed by atoms with Gasteiger partial charge >= 0.3 is 6.18 Å². The molecular formula is C19H16F3N3O4. The summed E-state index contributed by atoms with van der Waals surface area (Å²) in [5.74, 6) is -0.957. The van der Waals surface area contributed by atoms with Crippen LogP contribution in [0.15, 0.2) is 48.5 Å². The number of hydrogen-bond acceptors (Lipinski definition) is 4. The van der Waals surface area contributed by atoms with Crippen molar-refractivity contribution in [1.29, 1.82) is 0 Å². The van der Waals surface area contributed by atoms with E-state index in [0.717, 1.165) is 29.2 Å². The first-order valence-corrected chi connectivity index (χ1v) is 8.68. The third-order valence-electron chi connectivity index (χ3n) is 4.52. The largest absolute Gasteiger partial charge is 0.416 e. The molecule has 1 fully saturated rings. The molecule has 1 aliphatic rings. The van der Waals surface area contributed by atoms with E-state index in [4.69, 9.17) is 0 Å². The summed E-state index contributed by atoms with van der Waals surface area (Å²) < 4.78 is 39.4. The van der Waals surface area contributed by atoms with Crippen LogP contribution in [0.2, 0.25) is 0 Å². The number of amides is 2. The number of halogens is 3. The van der Waals surface area contributed by atoms with Crippen LogP contribution in [0.1, 0.15) is 28.8 Å². The number of carbonyl (C=O) groups excluding carboxylic acids is 2. The van der Waals surface area contributed by atoms with E-state index in [2.05, 4.69) is 0 Å². The van der Waals surface area contributed by atoms with E-state index in [-0.39, 0.29) is 29.5 Å². The summed E-state index contributed by atoms with van der Waals surface area (Å²) in [4.78, 5) is 37.8. The third-order valence-corrected chi connectivity index (χ3v) is 4.52. The lowest BCUT2D eigenvalue weighted by Gasteiger charge is -2.28. The first-order chi connectivity index (χ1) is 13.7. The van der Waals surface area contributed by atoms with Crippen molar-refractivity contribution in [2.45, 2.75) is 19.0 Å². The number of nitro benzene ring substituents is 1. The Morgan fingerprint density at radius 1 is 1.17 bits per heavy atom. The molecule has 0 N–H and O–H groups in total. The Morgan fingerprint density at radius 2 is 1.90 bits per heavy atom. The predicted octanol–water partition coefficient (Wildman–Crippen LogP) is 3.84. The second-order valence-corrected chi connectivity index (χ2v) is 6.49. The summed E-state index contributed by atoms with van der Waals surface area (Å²) in [5.41, 5.74) is -1.39.